The molecule has 1 aromatic carbocycles. The Kier molecular flexibility index (Phi) is 7.78. The number of hydrogen-bond donors (Lipinski definition) is 3. The molecule has 3 N–H and O–H groups in total. The quantitative estimate of drug-likeness (QED) is 0.607. The first kappa shape index (κ1) is 22.1. The summed E-state index contributed by atoms with van der Waals surface area (Å²) in [5.74, 6) is -2.74. The first-order valence-corrected chi connectivity index (χ1v) is 8.94. The normalized spacial score (nSPS) is 17.3. The van der Waals surface area contributed by atoms with E-state index in [1.165, 1.54) is 12.1 Å². The van der Waals surface area contributed by atoms with E-state index < -0.39 is 29.5 Å². The number of amides is 1. The number of β-amino-alcohol motifs (C(OH)–C–C–N with tert-alkyl or cyclic N) is 1. The summed E-state index contributed by atoms with van der Waals surface area (Å²) in [5.41, 5.74) is -0.914. The number of anilines is 1. The number of alkyl halides is 3. The van der Waals surface area contributed by atoms with Gasteiger partial charge in [0, 0.05) is 51.4 Å². The lowest BCUT2D eigenvalue weighted by Crippen LogP contribution is -2.49. The van der Waals surface area contributed by atoms with Crippen molar-refractivity contribution in [2.75, 3.05) is 51.2 Å². The van der Waals surface area contributed by atoms with Crippen molar-refractivity contribution in [1.29, 1.82) is 0 Å². The largest absolute Gasteiger partial charge is 0.481 e. The van der Waals surface area contributed by atoms with Crippen molar-refractivity contribution in [3.63, 3.8) is 0 Å². The third kappa shape index (κ3) is 6.77. The van der Waals surface area contributed by atoms with Crippen molar-refractivity contribution >= 4 is 17.6 Å². The van der Waals surface area contributed by atoms with Crippen LogP contribution in [-0.4, -0.2) is 77.8 Å². The van der Waals surface area contributed by atoms with Crippen molar-refractivity contribution < 1.29 is 33.0 Å². The predicted molar refractivity (Wildman–Crippen MR) is 95.8 cm³/mol. The molecule has 156 valence electrons. The number of carboxylic acid groups (broad SMARTS) is 1. The Morgan fingerprint density at radius 1 is 1.14 bits per heavy atom. The van der Waals surface area contributed by atoms with Crippen LogP contribution in [0, 0.1) is 5.92 Å². The van der Waals surface area contributed by atoms with Crippen molar-refractivity contribution in [1.82, 2.24) is 9.80 Å². The smallest absolute Gasteiger partial charge is 0.416 e. The van der Waals surface area contributed by atoms with Gasteiger partial charge in [0.25, 0.3) is 0 Å². The SMILES string of the molecule is O=C(CC(CN1CCN(CCO)CC1)C(=O)O)Nc1cccc(C(F)(F)F)c1. The highest BCUT2D eigenvalue weighted by molar-refractivity contribution is 5.93. The van der Waals surface area contributed by atoms with Crippen LogP contribution in [0.3, 0.4) is 0 Å². The topological polar surface area (TPSA) is 93.1 Å². The van der Waals surface area contributed by atoms with Crippen LogP contribution in [-0.2, 0) is 15.8 Å². The Hall–Kier alpha value is -2.17. The zero-order valence-electron chi connectivity index (χ0n) is 15.3. The maximum absolute atomic E-state index is 12.7. The molecule has 1 aliphatic rings. The molecule has 1 fully saturated rings. The predicted octanol–water partition coefficient (Wildman–Crippen LogP) is 1.34. The van der Waals surface area contributed by atoms with Crippen molar-refractivity contribution in [3.05, 3.63) is 29.8 Å². The van der Waals surface area contributed by atoms with E-state index >= 15 is 0 Å². The van der Waals surface area contributed by atoms with Gasteiger partial charge in [0.2, 0.25) is 5.91 Å². The van der Waals surface area contributed by atoms with Crippen LogP contribution in [0.15, 0.2) is 24.3 Å². The Morgan fingerprint density at radius 3 is 2.36 bits per heavy atom. The molecule has 0 radical (unpaired) electrons. The summed E-state index contributed by atoms with van der Waals surface area (Å²) in [5, 5.41) is 20.7. The molecule has 28 heavy (non-hydrogen) atoms. The molecule has 1 unspecified atom stereocenters. The number of carbonyl (C=O) groups is 2. The lowest BCUT2D eigenvalue weighted by Gasteiger charge is -2.35. The summed E-state index contributed by atoms with van der Waals surface area (Å²) < 4.78 is 38.2. The number of rotatable bonds is 8. The van der Waals surface area contributed by atoms with Crippen LogP contribution >= 0.6 is 0 Å². The van der Waals surface area contributed by atoms with Crippen LogP contribution in [0.25, 0.3) is 0 Å². The summed E-state index contributed by atoms with van der Waals surface area (Å²) in [6.07, 6.45) is -4.86. The number of aliphatic carboxylic acids is 1. The minimum absolute atomic E-state index is 0.0263. The second kappa shape index (κ2) is 9.85. The number of benzene rings is 1. The molecule has 1 heterocycles. The average molecular weight is 403 g/mol. The number of hydrogen-bond acceptors (Lipinski definition) is 5. The minimum atomic E-state index is -4.53. The molecule has 1 atom stereocenters. The van der Waals surface area contributed by atoms with Crippen molar-refractivity contribution in [2.24, 2.45) is 5.92 Å². The monoisotopic (exact) mass is 403 g/mol. The minimum Gasteiger partial charge on any atom is -0.481 e. The van der Waals surface area contributed by atoms with E-state index in [1.807, 2.05) is 4.90 Å². The number of aliphatic hydroxyl groups is 1. The highest BCUT2D eigenvalue weighted by Gasteiger charge is 2.31. The molecule has 1 aromatic rings. The fourth-order valence-corrected chi connectivity index (χ4v) is 3.09. The lowest BCUT2D eigenvalue weighted by molar-refractivity contribution is -0.144. The summed E-state index contributed by atoms with van der Waals surface area (Å²) >= 11 is 0. The maximum atomic E-state index is 12.7. The Bertz CT molecular complexity index is 676. The molecule has 1 saturated heterocycles. The number of aliphatic hydroxyl groups excluding tert-OH is 1. The Balaban J connectivity index is 1.90. The van der Waals surface area contributed by atoms with Gasteiger partial charge in [0.15, 0.2) is 0 Å². The maximum Gasteiger partial charge on any atom is 0.416 e. The highest BCUT2D eigenvalue weighted by Crippen LogP contribution is 2.30. The Labute approximate surface area is 160 Å². The molecule has 1 amide bonds. The first-order chi connectivity index (χ1) is 13.2. The summed E-state index contributed by atoms with van der Waals surface area (Å²) in [4.78, 5) is 27.7. The van der Waals surface area contributed by atoms with Gasteiger partial charge < -0.3 is 15.5 Å². The van der Waals surface area contributed by atoms with E-state index in [-0.39, 0.29) is 25.3 Å². The van der Waals surface area contributed by atoms with E-state index in [0.29, 0.717) is 32.7 Å². The number of piperazine rings is 1. The summed E-state index contributed by atoms with van der Waals surface area (Å²) in [6, 6.07) is 4.21. The Morgan fingerprint density at radius 2 is 1.79 bits per heavy atom. The summed E-state index contributed by atoms with van der Waals surface area (Å²) in [6.45, 7) is 3.45. The fraction of sp³-hybridized carbons (Fsp3) is 0.556. The number of nitrogens with zero attached hydrogens (tertiary/aromatic N) is 2. The van der Waals surface area contributed by atoms with E-state index in [9.17, 15) is 27.9 Å². The molecule has 7 nitrogen and oxygen atoms in total. The van der Waals surface area contributed by atoms with Gasteiger partial charge >= 0.3 is 12.1 Å². The summed E-state index contributed by atoms with van der Waals surface area (Å²) in [7, 11) is 0. The molecule has 0 aliphatic carbocycles. The number of carbonyl (C=O) groups excluding carboxylic acids is 1. The van der Waals surface area contributed by atoms with Crippen molar-refractivity contribution in [2.45, 2.75) is 12.6 Å². The number of halogens is 3. The van der Waals surface area contributed by atoms with E-state index in [0.717, 1.165) is 12.1 Å². The zero-order valence-corrected chi connectivity index (χ0v) is 15.3. The molecule has 0 bridgehead atoms. The highest BCUT2D eigenvalue weighted by atomic mass is 19.4. The molecule has 0 spiro atoms. The third-order valence-electron chi connectivity index (χ3n) is 4.61. The average Bonchev–Trinajstić information content (AvgIpc) is 2.62. The van der Waals surface area contributed by atoms with E-state index in [4.69, 9.17) is 5.11 Å². The standard InChI is InChI=1S/C18H24F3N3O4/c19-18(20,21)14-2-1-3-15(11-14)22-16(26)10-13(17(27)28)12-24-6-4-23(5-7-24)8-9-25/h1-3,11,13,25H,4-10,12H2,(H,22,26)(H,27,28). The molecule has 0 saturated carbocycles. The fourth-order valence-electron chi connectivity index (χ4n) is 3.09. The van der Waals surface area contributed by atoms with Crippen LogP contribution in [0.1, 0.15) is 12.0 Å². The molecule has 1 aliphatic heterocycles. The van der Waals surface area contributed by atoms with E-state index in [1.54, 1.807) is 0 Å². The van der Waals surface area contributed by atoms with E-state index in [2.05, 4.69) is 10.2 Å². The van der Waals surface area contributed by atoms with Crippen molar-refractivity contribution in [3.8, 4) is 0 Å². The van der Waals surface area contributed by atoms with Crippen LogP contribution in [0.4, 0.5) is 18.9 Å². The molecular formula is C18H24F3N3O4. The van der Waals surface area contributed by atoms with Gasteiger partial charge in [-0.3, -0.25) is 19.4 Å². The molecule has 10 heteroatoms. The molecule has 2 rings (SSSR count). The zero-order chi connectivity index (χ0) is 20.7. The molecule has 0 aromatic heterocycles. The van der Waals surface area contributed by atoms with Gasteiger partial charge in [-0.05, 0) is 18.2 Å². The van der Waals surface area contributed by atoms with Gasteiger partial charge in [-0.15, -0.1) is 0 Å². The third-order valence-corrected chi connectivity index (χ3v) is 4.61. The molecular weight excluding hydrogens is 379 g/mol. The number of carboxylic acids is 1. The van der Waals surface area contributed by atoms with Crippen LogP contribution < -0.4 is 5.32 Å². The first-order valence-electron chi connectivity index (χ1n) is 8.94. The van der Waals surface area contributed by atoms with Crippen LogP contribution in [0.5, 0.6) is 0 Å². The van der Waals surface area contributed by atoms with Gasteiger partial charge in [-0.2, -0.15) is 13.2 Å². The van der Waals surface area contributed by atoms with Gasteiger partial charge in [-0.25, -0.2) is 0 Å². The number of nitrogens with one attached hydrogen (secondary N) is 1. The van der Waals surface area contributed by atoms with Gasteiger partial charge in [0.05, 0.1) is 18.1 Å². The second-order valence-corrected chi connectivity index (χ2v) is 6.73. The van der Waals surface area contributed by atoms with Crippen LogP contribution in [0.2, 0.25) is 0 Å². The second-order valence-electron chi connectivity index (χ2n) is 6.73. The van der Waals surface area contributed by atoms with Gasteiger partial charge in [0.1, 0.15) is 0 Å². The lowest BCUT2D eigenvalue weighted by atomic mass is 10.0. The van der Waals surface area contributed by atoms with Gasteiger partial charge in [-0.1, -0.05) is 6.07 Å².